The van der Waals surface area contributed by atoms with E-state index in [1.165, 1.54) is 23.9 Å². The molecule has 0 aliphatic carbocycles. The normalized spacial score (nSPS) is 16.1. The summed E-state index contributed by atoms with van der Waals surface area (Å²) in [4.78, 5) is 25.3. The molecule has 1 atom stereocenters. The Kier molecular flexibility index (Phi) is 6.33. The molecule has 2 aromatic rings. The summed E-state index contributed by atoms with van der Waals surface area (Å²) in [5.74, 6) is -0.774. The Balaban J connectivity index is 1.68. The fourth-order valence-electron chi connectivity index (χ4n) is 3.04. The van der Waals surface area contributed by atoms with Gasteiger partial charge in [0.1, 0.15) is 0 Å². The minimum Gasteiger partial charge on any atom is -0.326 e. The van der Waals surface area contributed by atoms with E-state index < -0.39 is 9.84 Å². The third kappa shape index (κ3) is 4.82. The van der Waals surface area contributed by atoms with Crippen LogP contribution in [-0.2, 0) is 19.4 Å². The van der Waals surface area contributed by atoms with E-state index in [1.54, 1.807) is 12.1 Å². The summed E-state index contributed by atoms with van der Waals surface area (Å²) in [5, 5.41) is 5.39. The fourth-order valence-corrected chi connectivity index (χ4v) is 5.32. The van der Waals surface area contributed by atoms with Gasteiger partial charge in [0, 0.05) is 17.0 Å². The van der Waals surface area contributed by atoms with E-state index in [1.807, 2.05) is 32.9 Å². The lowest BCUT2D eigenvalue weighted by Crippen LogP contribution is -2.28. The first-order valence-corrected chi connectivity index (χ1v) is 11.9. The molecule has 1 aliphatic rings. The number of thioether (sulfide) groups is 1. The van der Waals surface area contributed by atoms with Gasteiger partial charge in [-0.15, -0.1) is 11.8 Å². The fraction of sp³-hybridized carbons (Fsp3) is 0.333. The first kappa shape index (κ1) is 21.4. The molecule has 0 radical (unpaired) electrons. The van der Waals surface area contributed by atoms with Gasteiger partial charge in [-0.25, -0.2) is 8.42 Å². The Bertz CT molecular complexity index is 1060. The topological polar surface area (TPSA) is 92.3 Å². The third-order valence-electron chi connectivity index (χ3n) is 4.98. The Morgan fingerprint density at radius 3 is 2.69 bits per heavy atom. The van der Waals surface area contributed by atoms with Gasteiger partial charge in [-0.1, -0.05) is 19.1 Å². The van der Waals surface area contributed by atoms with Crippen molar-refractivity contribution in [3.05, 3.63) is 47.5 Å². The smallest absolute Gasteiger partial charge is 0.237 e. The van der Waals surface area contributed by atoms with E-state index in [4.69, 9.17) is 0 Å². The van der Waals surface area contributed by atoms with Crippen molar-refractivity contribution < 1.29 is 18.0 Å². The third-order valence-corrected chi connectivity index (χ3v) is 8.13. The molecular formula is C21H24N2O4S2. The van der Waals surface area contributed by atoms with Crippen LogP contribution in [0.1, 0.15) is 30.9 Å². The minimum atomic E-state index is -3.66. The maximum atomic E-state index is 12.7. The largest absolute Gasteiger partial charge is 0.326 e. The molecule has 2 N–H and O–H groups in total. The van der Waals surface area contributed by atoms with Crippen LogP contribution in [0.3, 0.4) is 0 Å². The summed E-state index contributed by atoms with van der Waals surface area (Å²) in [6, 6.07) is 10.3. The lowest BCUT2D eigenvalue weighted by atomic mass is 10.1. The maximum Gasteiger partial charge on any atom is 0.237 e. The molecule has 1 unspecified atom stereocenters. The highest BCUT2D eigenvalue weighted by Crippen LogP contribution is 2.38. The van der Waals surface area contributed by atoms with E-state index in [-0.39, 0.29) is 34.1 Å². The van der Waals surface area contributed by atoms with Crippen molar-refractivity contribution >= 4 is 44.8 Å². The van der Waals surface area contributed by atoms with Crippen LogP contribution in [0.5, 0.6) is 0 Å². The number of hydrogen-bond acceptors (Lipinski definition) is 5. The van der Waals surface area contributed by atoms with E-state index >= 15 is 0 Å². The van der Waals surface area contributed by atoms with E-state index in [2.05, 4.69) is 10.6 Å². The number of nitrogens with one attached hydrogen (secondary N) is 2. The van der Waals surface area contributed by atoms with Gasteiger partial charge in [-0.2, -0.15) is 0 Å². The zero-order valence-corrected chi connectivity index (χ0v) is 18.2. The monoisotopic (exact) mass is 432 g/mol. The van der Waals surface area contributed by atoms with Crippen molar-refractivity contribution in [2.45, 2.75) is 48.7 Å². The number of hydrogen-bond donors (Lipinski definition) is 2. The molecule has 154 valence electrons. The molecule has 2 amide bonds. The summed E-state index contributed by atoms with van der Waals surface area (Å²) >= 11 is 1.44. The molecule has 0 spiro atoms. The minimum absolute atomic E-state index is 0.103. The highest BCUT2D eigenvalue weighted by molar-refractivity contribution is 8.01. The lowest BCUT2D eigenvalue weighted by molar-refractivity contribution is -0.116. The molecule has 1 heterocycles. The molecule has 0 fully saturated rings. The number of fused-ring (bicyclic) bond motifs is 1. The summed E-state index contributed by atoms with van der Waals surface area (Å²) in [6.45, 7) is 5.79. The second-order valence-corrected chi connectivity index (χ2v) is 10.4. The molecule has 0 saturated heterocycles. The van der Waals surface area contributed by atoms with Gasteiger partial charge < -0.3 is 10.6 Å². The van der Waals surface area contributed by atoms with Crippen LogP contribution in [0.4, 0.5) is 11.4 Å². The summed E-state index contributed by atoms with van der Waals surface area (Å²) in [5.41, 5.74) is 3.20. The molecular weight excluding hydrogens is 408 g/mol. The van der Waals surface area contributed by atoms with Crippen LogP contribution in [0.25, 0.3) is 0 Å². The SMILES string of the molecule is CCC1Sc2ccc(S(=O)(=O)CCC(=O)Nc3cccc(C)c3C)cc2NC1=O. The van der Waals surface area contributed by atoms with Crippen LogP contribution >= 0.6 is 11.8 Å². The predicted molar refractivity (Wildman–Crippen MR) is 116 cm³/mol. The van der Waals surface area contributed by atoms with E-state index in [9.17, 15) is 18.0 Å². The molecule has 6 nitrogen and oxygen atoms in total. The van der Waals surface area contributed by atoms with Crippen LogP contribution in [0.2, 0.25) is 0 Å². The number of carbonyl (C=O) groups is 2. The van der Waals surface area contributed by atoms with Crippen LogP contribution in [-0.4, -0.2) is 31.2 Å². The lowest BCUT2D eigenvalue weighted by Gasteiger charge is -2.23. The van der Waals surface area contributed by atoms with Gasteiger partial charge in [0.25, 0.3) is 0 Å². The zero-order chi connectivity index (χ0) is 21.2. The standard InChI is InChI=1S/C21H24N2O4S2/c1-4-18-21(25)23-17-12-15(8-9-19(17)28-18)29(26,27)11-10-20(24)22-16-7-5-6-13(2)14(16)3/h5-9,12,18H,4,10-11H2,1-3H3,(H,22,24)(H,23,25). The molecule has 0 aromatic heterocycles. The van der Waals surface area contributed by atoms with Crippen molar-refractivity contribution in [2.75, 3.05) is 16.4 Å². The first-order valence-electron chi connectivity index (χ1n) is 9.41. The Labute approximate surface area is 175 Å². The summed E-state index contributed by atoms with van der Waals surface area (Å²) < 4.78 is 25.4. The molecule has 0 bridgehead atoms. The van der Waals surface area contributed by atoms with Gasteiger partial charge in [0.15, 0.2) is 9.84 Å². The number of sulfone groups is 1. The van der Waals surface area contributed by atoms with Crippen molar-refractivity contribution in [1.29, 1.82) is 0 Å². The van der Waals surface area contributed by atoms with Crippen molar-refractivity contribution in [3.8, 4) is 0 Å². The predicted octanol–water partition coefficient (Wildman–Crippen LogP) is 3.93. The van der Waals surface area contributed by atoms with E-state index in [0.717, 1.165) is 16.0 Å². The Morgan fingerprint density at radius 1 is 1.21 bits per heavy atom. The summed E-state index contributed by atoms with van der Waals surface area (Å²) in [7, 11) is -3.66. The molecule has 0 saturated carbocycles. The van der Waals surface area contributed by atoms with Crippen molar-refractivity contribution in [2.24, 2.45) is 0 Å². The average molecular weight is 433 g/mol. The molecule has 29 heavy (non-hydrogen) atoms. The number of amides is 2. The number of anilines is 2. The Hall–Kier alpha value is -2.32. The van der Waals surface area contributed by atoms with Gasteiger partial charge >= 0.3 is 0 Å². The van der Waals surface area contributed by atoms with Crippen LogP contribution < -0.4 is 10.6 Å². The average Bonchev–Trinajstić information content (AvgIpc) is 2.69. The second kappa shape index (κ2) is 8.59. The van der Waals surface area contributed by atoms with Gasteiger partial charge in [-0.05, 0) is 55.7 Å². The van der Waals surface area contributed by atoms with Crippen molar-refractivity contribution in [3.63, 3.8) is 0 Å². The number of carbonyl (C=O) groups excluding carboxylic acids is 2. The first-order chi connectivity index (χ1) is 13.7. The van der Waals surface area contributed by atoms with Gasteiger partial charge in [0.05, 0.1) is 21.6 Å². The Morgan fingerprint density at radius 2 is 1.97 bits per heavy atom. The maximum absolute atomic E-state index is 12.7. The van der Waals surface area contributed by atoms with Gasteiger partial charge in [0.2, 0.25) is 11.8 Å². The second-order valence-electron chi connectivity index (χ2n) is 7.03. The van der Waals surface area contributed by atoms with Crippen LogP contribution in [0, 0.1) is 13.8 Å². The number of rotatable bonds is 6. The van der Waals surface area contributed by atoms with Crippen LogP contribution in [0.15, 0.2) is 46.2 Å². The van der Waals surface area contributed by atoms with Gasteiger partial charge in [-0.3, -0.25) is 9.59 Å². The molecule has 1 aliphatic heterocycles. The molecule has 8 heteroatoms. The highest BCUT2D eigenvalue weighted by atomic mass is 32.2. The number of aryl methyl sites for hydroxylation is 1. The number of benzene rings is 2. The zero-order valence-electron chi connectivity index (χ0n) is 16.6. The van der Waals surface area contributed by atoms with Crippen molar-refractivity contribution in [1.82, 2.24) is 0 Å². The summed E-state index contributed by atoms with van der Waals surface area (Å²) in [6.07, 6.45) is 0.553. The molecule has 2 aromatic carbocycles. The quantitative estimate of drug-likeness (QED) is 0.722. The molecule has 3 rings (SSSR count). The van der Waals surface area contributed by atoms with E-state index in [0.29, 0.717) is 17.8 Å². The highest BCUT2D eigenvalue weighted by Gasteiger charge is 2.27.